The zero-order chi connectivity index (χ0) is 20.5. The highest BCUT2D eigenvalue weighted by atomic mass is 35.5. The van der Waals surface area contributed by atoms with Crippen molar-refractivity contribution in [1.82, 2.24) is 19.9 Å². The van der Waals surface area contributed by atoms with Crippen molar-refractivity contribution in [1.29, 1.82) is 0 Å². The van der Waals surface area contributed by atoms with Gasteiger partial charge in [-0.15, -0.1) is 0 Å². The Bertz CT molecular complexity index is 1190. The van der Waals surface area contributed by atoms with Gasteiger partial charge in [0.25, 0.3) is 0 Å². The topological polar surface area (TPSA) is 119 Å². The van der Waals surface area contributed by atoms with Gasteiger partial charge in [-0.05, 0) is 36.2 Å². The molecule has 4 aromatic rings. The van der Waals surface area contributed by atoms with Crippen LogP contribution in [-0.2, 0) is 6.54 Å². The maximum Gasteiger partial charge on any atom is 0.162 e. The Morgan fingerprint density at radius 3 is 2.83 bits per heavy atom. The van der Waals surface area contributed by atoms with Crippen LogP contribution in [0.1, 0.15) is 24.1 Å². The van der Waals surface area contributed by atoms with Crippen molar-refractivity contribution in [2.45, 2.75) is 19.5 Å². The Labute approximate surface area is 171 Å². The highest BCUT2D eigenvalue weighted by molar-refractivity contribution is 6.32. The van der Waals surface area contributed by atoms with E-state index in [1.807, 2.05) is 6.92 Å². The van der Waals surface area contributed by atoms with Crippen molar-refractivity contribution >= 4 is 34.3 Å². The Balaban J connectivity index is 1.85. The van der Waals surface area contributed by atoms with E-state index in [1.165, 1.54) is 18.5 Å². The Kier molecular flexibility index (Phi) is 5.04. The number of aromatic amines is 1. The first-order valence-corrected chi connectivity index (χ1v) is 9.34. The third kappa shape index (κ3) is 3.48. The molecule has 0 bridgehead atoms. The molecule has 148 valence electrons. The van der Waals surface area contributed by atoms with Crippen LogP contribution in [0.4, 0.5) is 15.9 Å². The number of hydrogen-bond donors (Lipinski definition) is 4. The number of nitrogen functional groups attached to an aromatic ring is 1. The second kappa shape index (κ2) is 7.65. The number of hydrogen-bond acceptors (Lipinski definition) is 6. The number of halogens is 2. The van der Waals surface area contributed by atoms with Gasteiger partial charge in [-0.25, -0.2) is 19.3 Å². The Morgan fingerprint density at radius 1 is 1.24 bits per heavy atom. The first-order chi connectivity index (χ1) is 14.0. The number of nitrogens with zero attached hydrogens (tertiary/aromatic N) is 3. The second-order valence-electron chi connectivity index (χ2n) is 6.62. The molecule has 0 aliphatic carbocycles. The molecule has 7 nitrogen and oxygen atoms in total. The third-order valence-corrected chi connectivity index (χ3v) is 5.15. The number of H-pyrrole nitrogens is 1. The Hall–Kier alpha value is -3.23. The molecule has 4 rings (SSSR count). The first kappa shape index (κ1) is 19.1. The van der Waals surface area contributed by atoms with Crippen molar-refractivity contribution in [2.24, 2.45) is 5.73 Å². The maximum absolute atomic E-state index is 13.9. The predicted molar refractivity (Wildman–Crippen MR) is 113 cm³/mol. The largest absolute Gasteiger partial charge is 0.398 e. The number of nitrogens with two attached hydrogens (primary N) is 2. The van der Waals surface area contributed by atoms with Crippen molar-refractivity contribution in [3.8, 4) is 11.1 Å². The summed E-state index contributed by atoms with van der Waals surface area (Å²) in [6.45, 7) is 2.12. The predicted octanol–water partition coefficient (Wildman–Crippen LogP) is 4.03. The van der Waals surface area contributed by atoms with E-state index in [9.17, 15) is 4.39 Å². The van der Waals surface area contributed by atoms with Crippen molar-refractivity contribution < 1.29 is 4.39 Å². The molecule has 1 unspecified atom stereocenters. The molecule has 2 aromatic carbocycles. The number of aromatic nitrogens is 4. The van der Waals surface area contributed by atoms with E-state index >= 15 is 0 Å². The van der Waals surface area contributed by atoms with Crippen LogP contribution in [0.3, 0.4) is 0 Å². The summed E-state index contributed by atoms with van der Waals surface area (Å²) in [6, 6.07) is 7.80. The molecule has 2 aromatic heterocycles. The average molecular weight is 412 g/mol. The minimum Gasteiger partial charge on any atom is -0.398 e. The molecule has 0 saturated carbocycles. The molecule has 0 saturated heterocycles. The van der Waals surface area contributed by atoms with E-state index in [1.54, 1.807) is 24.5 Å². The lowest BCUT2D eigenvalue weighted by molar-refractivity contribution is 0.628. The van der Waals surface area contributed by atoms with Gasteiger partial charge < -0.3 is 21.8 Å². The molecule has 0 amide bonds. The second-order valence-corrected chi connectivity index (χ2v) is 7.02. The number of imidazole rings is 1. The van der Waals surface area contributed by atoms with Gasteiger partial charge in [-0.1, -0.05) is 23.7 Å². The van der Waals surface area contributed by atoms with Crippen molar-refractivity contribution in [2.75, 3.05) is 11.1 Å². The molecule has 0 radical (unpaired) electrons. The fraction of sp³-hybridized carbons (Fsp3) is 0.150. The number of fused-ring (bicyclic) bond motifs is 1. The minimum atomic E-state index is -0.355. The van der Waals surface area contributed by atoms with Crippen LogP contribution in [0.25, 0.3) is 22.3 Å². The van der Waals surface area contributed by atoms with Gasteiger partial charge in [0, 0.05) is 28.4 Å². The molecule has 9 heteroatoms. The molecule has 6 N–H and O–H groups in total. The number of rotatable bonds is 5. The normalized spacial score (nSPS) is 12.3. The smallest absolute Gasteiger partial charge is 0.162 e. The standard InChI is InChI=1S/C20H19ClFN7/c1-10(29-20-18-19(26-8-25-18)27-9-28-20)13-6-15(21)14(7-23)17(24)16(13)11-3-2-4-12(22)5-11/h2-6,8-10H,7,23-24H2,1H3,(H2,25,26,27,28,29). The first-order valence-electron chi connectivity index (χ1n) is 8.97. The summed E-state index contributed by atoms with van der Waals surface area (Å²) >= 11 is 6.45. The van der Waals surface area contributed by atoms with Crippen LogP contribution >= 0.6 is 11.6 Å². The monoisotopic (exact) mass is 411 g/mol. The minimum absolute atomic E-state index is 0.175. The zero-order valence-corrected chi connectivity index (χ0v) is 16.3. The quantitative estimate of drug-likeness (QED) is 0.368. The third-order valence-electron chi connectivity index (χ3n) is 4.81. The van der Waals surface area contributed by atoms with Crippen LogP contribution in [0.5, 0.6) is 0 Å². The van der Waals surface area contributed by atoms with Gasteiger partial charge in [-0.2, -0.15) is 0 Å². The summed E-state index contributed by atoms with van der Waals surface area (Å²) in [5, 5.41) is 3.79. The average Bonchev–Trinajstić information content (AvgIpc) is 3.17. The van der Waals surface area contributed by atoms with Gasteiger partial charge in [0.2, 0.25) is 0 Å². The highest BCUT2D eigenvalue weighted by Gasteiger charge is 2.21. The van der Waals surface area contributed by atoms with Gasteiger partial charge >= 0.3 is 0 Å². The van der Waals surface area contributed by atoms with Gasteiger partial charge in [0.05, 0.1) is 12.4 Å². The summed E-state index contributed by atoms with van der Waals surface area (Å²) < 4.78 is 13.9. The fourth-order valence-corrected chi connectivity index (χ4v) is 3.70. The highest BCUT2D eigenvalue weighted by Crippen LogP contribution is 2.40. The van der Waals surface area contributed by atoms with Crippen molar-refractivity contribution in [3.63, 3.8) is 0 Å². The molecule has 0 aliphatic rings. The van der Waals surface area contributed by atoms with Crippen LogP contribution < -0.4 is 16.8 Å². The van der Waals surface area contributed by atoms with E-state index in [-0.39, 0.29) is 18.4 Å². The molecular formula is C20H19ClFN7. The molecule has 29 heavy (non-hydrogen) atoms. The molecular weight excluding hydrogens is 393 g/mol. The van der Waals surface area contributed by atoms with Crippen LogP contribution in [0, 0.1) is 5.82 Å². The van der Waals surface area contributed by atoms with Crippen molar-refractivity contribution in [3.05, 3.63) is 65.0 Å². The SMILES string of the molecule is CC(Nc1ncnc2[nH]cnc12)c1cc(Cl)c(CN)c(N)c1-c1cccc(F)c1. The summed E-state index contributed by atoms with van der Waals surface area (Å²) in [5.74, 6) is 0.207. The lowest BCUT2D eigenvalue weighted by Gasteiger charge is -2.23. The maximum atomic E-state index is 13.9. The Morgan fingerprint density at radius 2 is 2.07 bits per heavy atom. The van der Waals surface area contributed by atoms with E-state index in [4.69, 9.17) is 23.1 Å². The summed E-state index contributed by atoms with van der Waals surface area (Å²) in [7, 11) is 0. The van der Waals surface area contributed by atoms with Crippen LogP contribution in [0.15, 0.2) is 43.0 Å². The number of anilines is 2. The van der Waals surface area contributed by atoms with Gasteiger partial charge in [0.1, 0.15) is 17.7 Å². The lowest BCUT2D eigenvalue weighted by atomic mass is 9.91. The summed E-state index contributed by atoms with van der Waals surface area (Å²) in [6.07, 6.45) is 3.00. The van der Waals surface area contributed by atoms with Crippen LogP contribution in [0.2, 0.25) is 5.02 Å². The molecule has 2 heterocycles. The van der Waals surface area contributed by atoms with Crippen LogP contribution in [-0.4, -0.2) is 19.9 Å². The molecule has 1 atom stereocenters. The molecule has 0 fully saturated rings. The molecule has 0 aliphatic heterocycles. The van der Waals surface area contributed by atoms with Gasteiger partial charge in [-0.3, -0.25) is 0 Å². The van der Waals surface area contributed by atoms with E-state index in [2.05, 4.69) is 25.3 Å². The van der Waals surface area contributed by atoms with Gasteiger partial charge in [0.15, 0.2) is 11.5 Å². The zero-order valence-electron chi connectivity index (χ0n) is 15.6. The summed E-state index contributed by atoms with van der Waals surface area (Å²) in [4.78, 5) is 15.6. The molecule has 0 spiro atoms. The van der Waals surface area contributed by atoms with E-state index in [0.29, 0.717) is 44.4 Å². The summed E-state index contributed by atoms with van der Waals surface area (Å²) in [5.41, 5.74) is 16.7. The fourth-order valence-electron chi connectivity index (χ4n) is 3.40. The lowest BCUT2D eigenvalue weighted by Crippen LogP contribution is -2.13. The van der Waals surface area contributed by atoms with E-state index in [0.717, 1.165) is 5.56 Å². The number of nitrogens with one attached hydrogen (secondary N) is 2. The number of benzene rings is 2. The van der Waals surface area contributed by atoms with E-state index < -0.39 is 0 Å².